The van der Waals surface area contributed by atoms with Crippen LogP contribution < -0.4 is 11.1 Å². The van der Waals surface area contributed by atoms with Gasteiger partial charge in [-0.3, -0.25) is 5.73 Å². The lowest BCUT2D eigenvalue weighted by atomic mass is 10.2. The number of aliphatic hydroxyl groups is 1. The molecule has 0 aliphatic heterocycles. The van der Waals surface area contributed by atoms with E-state index in [1.54, 1.807) is 19.1 Å². The zero-order valence-electron chi connectivity index (χ0n) is 10.6. The molecular formula is C12H22N3O2+. The summed E-state index contributed by atoms with van der Waals surface area (Å²) < 4.78 is 0.841. The molecule has 1 atom stereocenters. The third kappa shape index (κ3) is 6.42. The number of hydroxylamine groups is 1. The van der Waals surface area contributed by atoms with Gasteiger partial charge in [0.15, 0.2) is 0 Å². The van der Waals surface area contributed by atoms with Gasteiger partial charge in [0.2, 0.25) is 0 Å². The molecule has 0 amide bonds. The van der Waals surface area contributed by atoms with Gasteiger partial charge in [-0.15, -0.1) is 0 Å². The summed E-state index contributed by atoms with van der Waals surface area (Å²) in [6, 6.07) is 0. The molecule has 0 spiro atoms. The molecule has 0 aromatic rings. The monoisotopic (exact) mass is 240 g/mol. The second-order valence-electron chi connectivity index (χ2n) is 3.76. The molecule has 0 heterocycles. The van der Waals surface area contributed by atoms with Crippen LogP contribution in [0.3, 0.4) is 0 Å². The molecule has 0 fully saturated rings. The first kappa shape index (κ1) is 15.2. The lowest BCUT2D eigenvalue weighted by Gasteiger charge is -2.08. The minimum Gasteiger partial charge on any atom is -0.392 e. The van der Waals surface area contributed by atoms with Crippen LogP contribution in [0.2, 0.25) is 0 Å². The van der Waals surface area contributed by atoms with E-state index in [9.17, 15) is 5.21 Å². The molecular weight excluding hydrogens is 218 g/mol. The maximum atomic E-state index is 9.26. The van der Waals surface area contributed by atoms with Crippen LogP contribution >= 0.6 is 0 Å². The average molecular weight is 240 g/mol. The van der Waals surface area contributed by atoms with Crippen molar-refractivity contribution >= 4 is 5.84 Å². The number of hydrogen-bond donors (Lipinski definition) is 4. The normalized spacial score (nSPS) is 15.6. The molecule has 0 aliphatic rings. The smallest absolute Gasteiger partial charge is 0.313 e. The molecule has 0 aromatic carbocycles. The first-order chi connectivity index (χ1) is 7.88. The summed E-state index contributed by atoms with van der Waals surface area (Å²) in [5, 5.41) is 21.3. The Hall–Kier alpha value is -1.75. The predicted octanol–water partition coefficient (Wildman–Crippen LogP) is 0.362. The number of nitrogens with zero attached hydrogens (tertiary/aromatic N) is 1. The molecule has 0 aromatic heterocycles. The molecule has 0 aliphatic carbocycles. The molecule has 0 radical (unpaired) electrons. The summed E-state index contributed by atoms with van der Waals surface area (Å²) in [7, 11) is 1.44. The first-order valence-corrected chi connectivity index (χ1v) is 5.39. The zero-order chi connectivity index (χ0) is 13.4. The second-order valence-corrected chi connectivity index (χ2v) is 3.76. The Bertz CT molecular complexity index is 351. The van der Waals surface area contributed by atoms with Gasteiger partial charge in [-0.25, -0.2) is 0 Å². The Morgan fingerprint density at radius 2 is 2.18 bits per heavy atom. The molecule has 0 bridgehead atoms. The van der Waals surface area contributed by atoms with E-state index in [1.165, 1.54) is 7.05 Å². The van der Waals surface area contributed by atoms with E-state index >= 15 is 0 Å². The molecule has 0 saturated carbocycles. The number of amidine groups is 1. The highest BCUT2D eigenvalue weighted by Gasteiger charge is 2.09. The van der Waals surface area contributed by atoms with Crippen LogP contribution in [0.1, 0.15) is 13.8 Å². The zero-order valence-corrected chi connectivity index (χ0v) is 10.6. The van der Waals surface area contributed by atoms with E-state index in [-0.39, 0.29) is 5.84 Å². The van der Waals surface area contributed by atoms with Crippen molar-refractivity contribution in [2.75, 3.05) is 13.6 Å². The van der Waals surface area contributed by atoms with Crippen molar-refractivity contribution in [3.8, 4) is 0 Å². The van der Waals surface area contributed by atoms with Gasteiger partial charge in [0.1, 0.15) is 7.05 Å². The molecule has 0 rings (SSSR count). The van der Waals surface area contributed by atoms with Gasteiger partial charge in [-0.2, -0.15) is 0 Å². The Balaban J connectivity index is 4.83. The van der Waals surface area contributed by atoms with E-state index in [0.29, 0.717) is 17.8 Å². The third-order valence-electron chi connectivity index (χ3n) is 1.94. The third-order valence-corrected chi connectivity index (χ3v) is 1.94. The highest BCUT2D eigenvalue weighted by molar-refractivity contribution is 5.96. The van der Waals surface area contributed by atoms with Crippen LogP contribution in [0.4, 0.5) is 0 Å². The van der Waals surface area contributed by atoms with Crippen LogP contribution in [0.5, 0.6) is 0 Å². The largest absolute Gasteiger partial charge is 0.392 e. The highest BCUT2D eigenvalue weighted by atomic mass is 16.5. The summed E-state index contributed by atoms with van der Waals surface area (Å²) in [5.74, 6) is 0.225. The first-order valence-electron chi connectivity index (χ1n) is 5.39. The summed E-state index contributed by atoms with van der Waals surface area (Å²) in [6.07, 6.45) is 4.82. The maximum Gasteiger partial charge on any atom is 0.313 e. The average Bonchev–Trinajstić information content (AvgIpc) is 2.24. The lowest BCUT2D eigenvalue weighted by molar-refractivity contribution is -0.754. The van der Waals surface area contributed by atoms with Crippen LogP contribution in [0.25, 0.3) is 0 Å². The van der Waals surface area contributed by atoms with Gasteiger partial charge in [-0.1, -0.05) is 23.5 Å². The number of hydrogen-bond acceptors (Lipinski definition) is 3. The van der Waals surface area contributed by atoms with Gasteiger partial charge < -0.3 is 15.6 Å². The lowest BCUT2D eigenvalue weighted by Crippen LogP contribution is -2.26. The molecule has 17 heavy (non-hydrogen) atoms. The second kappa shape index (κ2) is 7.51. The SMILES string of the molecule is C=C(C=C(C=CC)C(N)=[N+](C)O)NCC(C)O. The van der Waals surface area contributed by atoms with Crippen LogP contribution in [-0.4, -0.2) is 40.6 Å². The number of aliphatic hydroxyl groups excluding tert-OH is 1. The van der Waals surface area contributed by atoms with Crippen molar-refractivity contribution in [1.82, 2.24) is 5.32 Å². The fraction of sp³-hybridized carbons (Fsp3) is 0.417. The topological polar surface area (TPSA) is 81.5 Å². The molecule has 96 valence electrons. The highest BCUT2D eigenvalue weighted by Crippen LogP contribution is 2.01. The fourth-order valence-electron chi connectivity index (χ4n) is 1.09. The van der Waals surface area contributed by atoms with E-state index in [0.717, 1.165) is 4.74 Å². The Morgan fingerprint density at radius 3 is 2.59 bits per heavy atom. The van der Waals surface area contributed by atoms with Crippen LogP contribution in [-0.2, 0) is 0 Å². The maximum absolute atomic E-state index is 9.26. The number of nitrogens with two attached hydrogens (primary N) is 1. The Morgan fingerprint density at radius 1 is 1.59 bits per heavy atom. The Labute approximate surface area is 102 Å². The van der Waals surface area contributed by atoms with Gasteiger partial charge in [0.25, 0.3) is 0 Å². The van der Waals surface area contributed by atoms with Gasteiger partial charge in [-0.05, 0) is 19.9 Å². The van der Waals surface area contributed by atoms with E-state index in [4.69, 9.17) is 10.8 Å². The standard InChI is InChI=1S/C12H21N3O2/c1-5-6-11(12(13)15(4)17)7-9(2)14-8-10(3)16/h5-7,10,13-14,16-17H,2,8H2,1,3-4H3/p+1. The van der Waals surface area contributed by atoms with E-state index in [2.05, 4.69) is 11.9 Å². The number of rotatable bonds is 6. The number of nitrogens with one attached hydrogen (secondary N) is 1. The van der Waals surface area contributed by atoms with E-state index in [1.807, 2.05) is 13.0 Å². The summed E-state index contributed by atoms with van der Waals surface area (Å²) in [6.45, 7) is 7.73. The molecule has 5 heteroatoms. The van der Waals surface area contributed by atoms with Crippen molar-refractivity contribution in [3.05, 3.63) is 36.1 Å². The summed E-state index contributed by atoms with van der Waals surface area (Å²) >= 11 is 0. The molecule has 5 nitrogen and oxygen atoms in total. The Kier molecular flexibility index (Phi) is 6.74. The van der Waals surface area contributed by atoms with Crippen molar-refractivity contribution < 1.29 is 15.1 Å². The predicted molar refractivity (Wildman–Crippen MR) is 68.9 cm³/mol. The minimum absolute atomic E-state index is 0.225. The van der Waals surface area contributed by atoms with Crippen molar-refractivity contribution in [1.29, 1.82) is 0 Å². The summed E-state index contributed by atoms with van der Waals surface area (Å²) in [5.41, 5.74) is 6.96. The van der Waals surface area contributed by atoms with Crippen LogP contribution in [0, 0.1) is 0 Å². The summed E-state index contributed by atoms with van der Waals surface area (Å²) in [4.78, 5) is 0. The number of allylic oxidation sites excluding steroid dienone is 2. The van der Waals surface area contributed by atoms with Crippen molar-refractivity contribution in [3.63, 3.8) is 0 Å². The minimum atomic E-state index is -0.452. The van der Waals surface area contributed by atoms with Crippen LogP contribution in [0.15, 0.2) is 36.1 Å². The molecule has 0 saturated heterocycles. The quantitative estimate of drug-likeness (QED) is 0.135. The van der Waals surface area contributed by atoms with Gasteiger partial charge in [0.05, 0.1) is 11.7 Å². The molecule has 5 N–H and O–H groups in total. The van der Waals surface area contributed by atoms with Gasteiger partial charge >= 0.3 is 5.84 Å². The van der Waals surface area contributed by atoms with Crippen molar-refractivity contribution in [2.24, 2.45) is 5.73 Å². The fourth-order valence-corrected chi connectivity index (χ4v) is 1.09. The van der Waals surface area contributed by atoms with E-state index < -0.39 is 6.10 Å². The van der Waals surface area contributed by atoms with Gasteiger partial charge in [0, 0.05) is 12.2 Å². The molecule has 1 unspecified atom stereocenters. The van der Waals surface area contributed by atoms with Crippen molar-refractivity contribution in [2.45, 2.75) is 20.0 Å².